The molecule has 1 saturated heterocycles. The maximum atomic E-state index is 4.47. The van der Waals surface area contributed by atoms with Gasteiger partial charge in [0.1, 0.15) is 11.8 Å². The largest absolute Gasteiger partial charge is 0.354 e. The Morgan fingerprint density at radius 2 is 2.25 bits per heavy atom. The highest BCUT2D eigenvalue weighted by Crippen LogP contribution is 2.27. The minimum Gasteiger partial charge on any atom is -0.354 e. The van der Waals surface area contributed by atoms with Crippen LogP contribution in [0.2, 0.25) is 0 Å². The van der Waals surface area contributed by atoms with Gasteiger partial charge in [-0.15, -0.1) is 11.3 Å². The molecule has 1 aliphatic rings. The molecule has 0 aromatic carbocycles. The van der Waals surface area contributed by atoms with E-state index in [1.54, 1.807) is 24.0 Å². The van der Waals surface area contributed by atoms with Crippen LogP contribution in [-0.2, 0) is 6.54 Å². The molecule has 7 nitrogen and oxygen atoms in total. The predicted octanol–water partition coefficient (Wildman–Crippen LogP) is 2.08. The number of aromatic amines is 1. The van der Waals surface area contributed by atoms with Crippen molar-refractivity contribution >= 4 is 28.3 Å². The molecule has 1 aliphatic heterocycles. The fraction of sp³-hybridized carbons (Fsp3) is 0.500. The Bertz CT molecular complexity index is 827. The number of rotatable bonds is 5. The fourth-order valence-corrected chi connectivity index (χ4v) is 4.25. The second-order valence-corrected chi connectivity index (χ2v) is 7.40. The molecule has 4 heterocycles. The highest BCUT2D eigenvalue weighted by atomic mass is 32.1. The zero-order valence-corrected chi connectivity index (χ0v) is 14.8. The van der Waals surface area contributed by atoms with E-state index in [0.717, 1.165) is 48.9 Å². The van der Waals surface area contributed by atoms with Crippen molar-refractivity contribution in [2.45, 2.75) is 19.9 Å². The van der Waals surface area contributed by atoms with Crippen molar-refractivity contribution in [2.24, 2.45) is 5.92 Å². The number of anilines is 1. The van der Waals surface area contributed by atoms with Crippen molar-refractivity contribution in [1.29, 1.82) is 0 Å². The summed E-state index contributed by atoms with van der Waals surface area (Å²) < 4.78 is 0. The van der Waals surface area contributed by atoms with Gasteiger partial charge < -0.3 is 14.8 Å². The first kappa shape index (κ1) is 15.5. The standard InChI is InChI=1S/C16H21N7S/c1-11-13(24-10-21-11)7-22(2)5-12-3-4-23(6-12)16-14-15(18-8-17-14)19-9-20-16/h8-10,12H,3-7H2,1-2H3,(H,17,18,19,20). The summed E-state index contributed by atoms with van der Waals surface area (Å²) in [7, 11) is 2.19. The lowest BCUT2D eigenvalue weighted by molar-refractivity contribution is 0.281. The quantitative estimate of drug-likeness (QED) is 0.764. The Balaban J connectivity index is 1.40. The van der Waals surface area contributed by atoms with Crippen LogP contribution in [0.3, 0.4) is 0 Å². The Morgan fingerprint density at radius 1 is 1.33 bits per heavy atom. The first-order chi connectivity index (χ1) is 11.7. The Kier molecular flexibility index (Phi) is 4.15. The molecule has 0 amide bonds. The van der Waals surface area contributed by atoms with Crippen molar-refractivity contribution in [3.05, 3.63) is 28.7 Å². The third-order valence-electron chi connectivity index (χ3n) is 4.62. The molecule has 3 aromatic rings. The second kappa shape index (κ2) is 6.45. The molecule has 0 bridgehead atoms. The molecule has 0 aliphatic carbocycles. The highest BCUT2D eigenvalue weighted by Gasteiger charge is 2.26. The third-order valence-corrected chi connectivity index (χ3v) is 5.54. The van der Waals surface area contributed by atoms with Crippen molar-refractivity contribution in [1.82, 2.24) is 29.8 Å². The number of thiazole rings is 1. The van der Waals surface area contributed by atoms with E-state index in [2.05, 4.69) is 48.7 Å². The van der Waals surface area contributed by atoms with E-state index in [4.69, 9.17) is 0 Å². The first-order valence-electron chi connectivity index (χ1n) is 8.17. The molecule has 8 heteroatoms. The van der Waals surface area contributed by atoms with Gasteiger partial charge in [-0.1, -0.05) is 0 Å². The average Bonchev–Trinajstić information content (AvgIpc) is 3.29. The van der Waals surface area contributed by atoms with Gasteiger partial charge in [0.05, 0.1) is 17.5 Å². The number of H-pyrrole nitrogens is 1. The van der Waals surface area contributed by atoms with E-state index in [1.165, 1.54) is 11.3 Å². The van der Waals surface area contributed by atoms with E-state index < -0.39 is 0 Å². The van der Waals surface area contributed by atoms with Crippen LogP contribution in [0.15, 0.2) is 18.2 Å². The van der Waals surface area contributed by atoms with Gasteiger partial charge in [-0.2, -0.15) is 0 Å². The first-order valence-corrected chi connectivity index (χ1v) is 9.05. The SMILES string of the molecule is Cc1ncsc1CN(C)CC1CCN(c2ncnc3nc[nH]c23)C1. The molecular weight excluding hydrogens is 322 g/mol. The zero-order valence-electron chi connectivity index (χ0n) is 13.9. The van der Waals surface area contributed by atoms with Gasteiger partial charge >= 0.3 is 0 Å². The van der Waals surface area contributed by atoms with E-state index >= 15 is 0 Å². The summed E-state index contributed by atoms with van der Waals surface area (Å²) in [4.78, 5) is 26.5. The molecule has 1 N–H and O–H groups in total. The number of fused-ring (bicyclic) bond motifs is 1. The van der Waals surface area contributed by atoms with E-state index in [9.17, 15) is 0 Å². The monoisotopic (exact) mass is 343 g/mol. The molecule has 4 rings (SSSR count). The minimum atomic E-state index is 0.649. The zero-order chi connectivity index (χ0) is 16.5. The summed E-state index contributed by atoms with van der Waals surface area (Å²) in [5, 5.41) is 0. The number of nitrogens with zero attached hydrogens (tertiary/aromatic N) is 6. The summed E-state index contributed by atoms with van der Waals surface area (Å²) in [6.45, 7) is 6.21. The topological polar surface area (TPSA) is 73.8 Å². The molecule has 1 atom stereocenters. The van der Waals surface area contributed by atoms with Gasteiger partial charge in [0, 0.05) is 31.1 Å². The Morgan fingerprint density at radius 3 is 3.08 bits per heavy atom. The van der Waals surface area contributed by atoms with Gasteiger partial charge in [0.15, 0.2) is 11.5 Å². The van der Waals surface area contributed by atoms with Crippen LogP contribution in [0.5, 0.6) is 0 Å². The van der Waals surface area contributed by atoms with Gasteiger partial charge in [-0.3, -0.25) is 0 Å². The lowest BCUT2D eigenvalue weighted by atomic mass is 10.1. The molecule has 0 saturated carbocycles. The normalized spacial score (nSPS) is 18.1. The number of nitrogens with one attached hydrogen (secondary N) is 1. The lowest BCUT2D eigenvalue weighted by Crippen LogP contribution is -2.28. The van der Waals surface area contributed by atoms with Crippen molar-refractivity contribution in [3.8, 4) is 0 Å². The number of aryl methyl sites for hydroxylation is 1. The van der Waals surface area contributed by atoms with Crippen LogP contribution < -0.4 is 4.90 Å². The number of hydrogen-bond acceptors (Lipinski definition) is 7. The molecule has 24 heavy (non-hydrogen) atoms. The lowest BCUT2D eigenvalue weighted by Gasteiger charge is -2.21. The number of imidazole rings is 1. The summed E-state index contributed by atoms with van der Waals surface area (Å²) in [5.74, 6) is 1.62. The van der Waals surface area contributed by atoms with Crippen molar-refractivity contribution < 1.29 is 0 Å². The molecule has 126 valence electrons. The van der Waals surface area contributed by atoms with Gasteiger partial charge in [-0.25, -0.2) is 19.9 Å². The van der Waals surface area contributed by atoms with Crippen molar-refractivity contribution in [2.75, 3.05) is 31.6 Å². The van der Waals surface area contributed by atoms with Crippen LogP contribution >= 0.6 is 11.3 Å². The second-order valence-electron chi connectivity index (χ2n) is 6.46. The fourth-order valence-electron chi connectivity index (χ4n) is 3.39. The molecule has 3 aromatic heterocycles. The minimum absolute atomic E-state index is 0.649. The van der Waals surface area contributed by atoms with E-state index in [0.29, 0.717) is 5.92 Å². The summed E-state index contributed by atoms with van der Waals surface area (Å²) >= 11 is 1.74. The summed E-state index contributed by atoms with van der Waals surface area (Å²) in [6.07, 6.45) is 4.47. The Hall–Kier alpha value is -2.06. The molecule has 1 unspecified atom stereocenters. The average molecular weight is 343 g/mol. The molecule has 0 spiro atoms. The Labute approximate surface area is 144 Å². The molecule has 1 fully saturated rings. The van der Waals surface area contributed by atoms with Crippen LogP contribution in [0, 0.1) is 12.8 Å². The van der Waals surface area contributed by atoms with Crippen molar-refractivity contribution in [3.63, 3.8) is 0 Å². The number of hydrogen-bond donors (Lipinski definition) is 1. The van der Waals surface area contributed by atoms with Gasteiger partial charge in [-0.05, 0) is 26.3 Å². The maximum Gasteiger partial charge on any atom is 0.182 e. The summed E-state index contributed by atoms with van der Waals surface area (Å²) in [6, 6.07) is 0. The van der Waals surface area contributed by atoms with Gasteiger partial charge in [0.25, 0.3) is 0 Å². The molecular formula is C16H21N7S. The predicted molar refractivity (Wildman–Crippen MR) is 95.2 cm³/mol. The summed E-state index contributed by atoms with van der Waals surface area (Å²) in [5.41, 5.74) is 4.76. The van der Waals surface area contributed by atoms with Crippen LogP contribution in [0.4, 0.5) is 5.82 Å². The third kappa shape index (κ3) is 2.99. The molecule has 0 radical (unpaired) electrons. The number of aromatic nitrogens is 5. The van der Waals surface area contributed by atoms with Crippen LogP contribution in [0.1, 0.15) is 17.0 Å². The van der Waals surface area contributed by atoms with E-state index in [-0.39, 0.29) is 0 Å². The van der Waals surface area contributed by atoms with Gasteiger partial charge in [0.2, 0.25) is 0 Å². The van der Waals surface area contributed by atoms with E-state index in [1.807, 2.05) is 5.51 Å². The smallest absolute Gasteiger partial charge is 0.182 e. The van der Waals surface area contributed by atoms with Crippen LogP contribution in [-0.4, -0.2) is 56.5 Å². The maximum absolute atomic E-state index is 4.47. The highest BCUT2D eigenvalue weighted by molar-refractivity contribution is 7.09. The van der Waals surface area contributed by atoms with Crippen LogP contribution in [0.25, 0.3) is 11.2 Å².